The molecule has 0 aliphatic rings. The molecule has 0 saturated carbocycles. The molecule has 1 aromatic heterocycles. The van der Waals surface area contributed by atoms with E-state index in [9.17, 15) is 4.79 Å². The molecule has 0 aliphatic carbocycles. The van der Waals surface area contributed by atoms with Gasteiger partial charge in [-0.25, -0.2) is 4.79 Å². The minimum absolute atomic E-state index is 0.0440. The molecule has 2 aromatic rings. The lowest BCUT2D eigenvalue weighted by Gasteiger charge is -2.08. The molecule has 10 heteroatoms. The lowest BCUT2D eigenvalue weighted by molar-refractivity contribution is 0.121. The molecule has 0 radical (unpaired) electrons. The van der Waals surface area contributed by atoms with E-state index in [0.717, 1.165) is 5.69 Å². The van der Waals surface area contributed by atoms with Crippen molar-refractivity contribution in [2.45, 2.75) is 6.92 Å². The van der Waals surface area contributed by atoms with Gasteiger partial charge < -0.3 is 19.4 Å². The number of imidazole rings is 1. The molecule has 1 aromatic carbocycles. The Bertz CT molecular complexity index is 935. The van der Waals surface area contributed by atoms with Gasteiger partial charge in [0.25, 0.3) is 5.95 Å². The fraction of sp³-hybridized carbons (Fsp3) is 0.250. The fourth-order valence-electron chi connectivity index (χ4n) is 2.00. The standard InChI is InChI=1S/C16H15N7O3/c1-4-19-10-5-6-11(14(7-10)26-16(24)25-3)21-22-15-20-12(8-17)13(9-18)23(15)2/h5-7,19H,4H2,1-3H3. The van der Waals surface area contributed by atoms with Gasteiger partial charge in [-0.05, 0) is 19.1 Å². The van der Waals surface area contributed by atoms with Crippen LogP contribution < -0.4 is 10.1 Å². The number of carbonyl (C=O) groups is 1. The molecule has 1 N–H and O–H groups in total. The molecule has 0 bridgehead atoms. The smallest absolute Gasteiger partial charge is 0.437 e. The van der Waals surface area contributed by atoms with Gasteiger partial charge in [-0.3, -0.25) is 0 Å². The molecule has 10 nitrogen and oxygen atoms in total. The van der Waals surface area contributed by atoms with Gasteiger partial charge in [-0.1, -0.05) is 0 Å². The van der Waals surface area contributed by atoms with Crippen molar-refractivity contribution in [2.75, 3.05) is 19.0 Å². The van der Waals surface area contributed by atoms with Crippen molar-refractivity contribution >= 4 is 23.5 Å². The number of hydrogen-bond acceptors (Lipinski definition) is 9. The van der Waals surface area contributed by atoms with Crippen molar-refractivity contribution in [3.05, 3.63) is 29.6 Å². The predicted octanol–water partition coefficient (Wildman–Crippen LogP) is 3.16. The highest BCUT2D eigenvalue weighted by molar-refractivity contribution is 5.69. The number of nitrogens with one attached hydrogen (secondary N) is 1. The van der Waals surface area contributed by atoms with Gasteiger partial charge in [0.15, 0.2) is 17.1 Å². The Kier molecular flexibility index (Phi) is 5.85. The van der Waals surface area contributed by atoms with Crippen LogP contribution >= 0.6 is 0 Å². The number of benzene rings is 1. The number of ether oxygens (including phenoxy) is 2. The lowest BCUT2D eigenvalue weighted by Crippen LogP contribution is -2.07. The van der Waals surface area contributed by atoms with Crippen LogP contribution in [0.25, 0.3) is 0 Å². The maximum Gasteiger partial charge on any atom is 0.513 e. The first-order valence-electron chi connectivity index (χ1n) is 7.46. The van der Waals surface area contributed by atoms with E-state index in [4.69, 9.17) is 15.3 Å². The Balaban J connectivity index is 2.41. The van der Waals surface area contributed by atoms with Gasteiger partial charge in [0.05, 0.1) is 7.11 Å². The van der Waals surface area contributed by atoms with E-state index < -0.39 is 6.16 Å². The summed E-state index contributed by atoms with van der Waals surface area (Å²) in [7, 11) is 2.74. The Morgan fingerprint density at radius 2 is 2.12 bits per heavy atom. The summed E-state index contributed by atoms with van der Waals surface area (Å²) in [5, 5.41) is 29.1. The second kappa shape index (κ2) is 8.26. The van der Waals surface area contributed by atoms with Crippen LogP contribution in [-0.4, -0.2) is 29.4 Å². The van der Waals surface area contributed by atoms with Crippen molar-refractivity contribution in [3.63, 3.8) is 0 Å². The number of anilines is 1. The number of nitrogens with zero attached hydrogens (tertiary/aromatic N) is 6. The summed E-state index contributed by atoms with van der Waals surface area (Å²) in [5.41, 5.74) is 1.01. The second-order valence-corrected chi connectivity index (χ2v) is 4.86. The van der Waals surface area contributed by atoms with Crippen LogP contribution in [0.5, 0.6) is 5.75 Å². The minimum Gasteiger partial charge on any atom is -0.437 e. The molecule has 0 unspecified atom stereocenters. The molecular formula is C16H15N7O3. The van der Waals surface area contributed by atoms with E-state index in [1.54, 1.807) is 25.2 Å². The molecule has 1 heterocycles. The van der Waals surface area contributed by atoms with E-state index in [0.29, 0.717) is 6.54 Å². The fourth-order valence-corrected chi connectivity index (χ4v) is 2.00. The third-order valence-electron chi connectivity index (χ3n) is 3.23. The lowest BCUT2D eigenvalue weighted by atomic mass is 10.2. The average molecular weight is 353 g/mol. The van der Waals surface area contributed by atoms with Gasteiger partial charge in [0.2, 0.25) is 0 Å². The number of nitriles is 2. The SMILES string of the molecule is CCNc1ccc(N=Nc2nc(C#N)c(C#N)n2C)c(OC(=O)OC)c1. The normalized spacial score (nSPS) is 10.2. The zero-order valence-corrected chi connectivity index (χ0v) is 14.3. The van der Waals surface area contributed by atoms with Gasteiger partial charge in [-0.15, -0.1) is 10.2 Å². The van der Waals surface area contributed by atoms with E-state index in [1.807, 2.05) is 19.1 Å². The summed E-state index contributed by atoms with van der Waals surface area (Å²) in [4.78, 5) is 15.4. The maximum atomic E-state index is 11.4. The summed E-state index contributed by atoms with van der Waals surface area (Å²) in [6, 6.07) is 8.62. The quantitative estimate of drug-likeness (QED) is 0.495. The van der Waals surface area contributed by atoms with Crippen LogP contribution in [0, 0.1) is 22.7 Å². The largest absolute Gasteiger partial charge is 0.513 e. The van der Waals surface area contributed by atoms with Gasteiger partial charge >= 0.3 is 6.16 Å². The molecule has 0 fully saturated rings. The molecule has 0 spiro atoms. The predicted molar refractivity (Wildman–Crippen MR) is 90.5 cm³/mol. The number of hydrogen-bond donors (Lipinski definition) is 1. The van der Waals surface area contributed by atoms with Crippen molar-refractivity contribution in [3.8, 4) is 17.9 Å². The minimum atomic E-state index is -0.898. The van der Waals surface area contributed by atoms with Crippen LogP contribution in [0.15, 0.2) is 28.4 Å². The Morgan fingerprint density at radius 1 is 1.35 bits per heavy atom. The van der Waals surface area contributed by atoms with E-state index in [1.165, 1.54) is 11.7 Å². The number of azo groups is 1. The molecule has 0 saturated heterocycles. The van der Waals surface area contributed by atoms with Crippen molar-refractivity contribution in [2.24, 2.45) is 17.3 Å². The van der Waals surface area contributed by atoms with Gasteiger partial charge in [-0.2, -0.15) is 15.5 Å². The monoisotopic (exact) mass is 353 g/mol. The molecular weight excluding hydrogens is 338 g/mol. The van der Waals surface area contributed by atoms with E-state index in [-0.39, 0.29) is 28.8 Å². The highest BCUT2D eigenvalue weighted by Gasteiger charge is 2.15. The third kappa shape index (κ3) is 3.94. The van der Waals surface area contributed by atoms with Crippen LogP contribution in [0.1, 0.15) is 18.3 Å². The molecule has 0 aliphatic heterocycles. The Hall–Kier alpha value is -3.92. The summed E-state index contributed by atoms with van der Waals surface area (Å²) < 4.78 is 10.9. The van der Waals surface area contributed by atoms with E-state index in [2.05, 4.69) is 25.3 Å². The summed E-state index contributed by atoms with van der Waals surface area (Å²) in [6.07, 6.45) is -0.898. The molecule has 0 atom stereocenters. The number of methoxy groups -OCH3 is 1. The molecule has 0 amide bonds. The number of rotatable bonds is 5. The number of aromatic nitrogens is 2. The summed E-state index contributed by atoms with van der Waals surface area (Å²) in [5.74, 6) is 0.201. The molecule has 132 valence electrons. The Labute approximate surface area is 149 Å². The topological polar surface area (TPSA) is 138 Å². The summed E-state index contributed by atoms with van der Waals surface area (Å²) in [6.45, 7) is 2.61. The first kappa shape index (κ1) is 18.4. The number of carbonyl (C=O) groups excluding carboxylic acids is 1. The van der Waals surface area contributed by atoms with Crippen molar-refractivity contribution < 1.29 is 14.3 Å². The first-order valence-corrected chi connectivity index (χ1v) is 7.46. The molecule has 26 heavy (non-hydrogen) atoms. The van der Waals surface area contributed by atoms with E-state index >= 15 is 0 Å². The van der Waals surface area contributed by atoms with Crippen LogP contribution in [0.3, 0.4) is 0 Å². The third-order valence-corrected chi connectivity index (χ3v) is 3.23. The first-order chi connectivity index (χ1) is 12.5. The zero-order valence-electron chi connectivity index (χ0n) is 14.3. The highest BCUT2D eigenvalue weighted by Crippen LogP contribution is 2.32. The maximum absolute atomic E-state index is 11.4. The second-order valence-electron chi connectivity index (χ2n) is 4.86. The summed E-state index contributed by atoms with van der Waals surface area (Å²) >= 11 is 0. The average Bonchev–Trinajstić information content (AvgIpc) is 2.96. The van der Waals surface area contributed by atoms with Gasteiger partial charge in [0.1, 0.15) is 17.8 Å². The molecule has 2 rings (SSSR count). The van der Waals surface area contributed by atoms with Gasteiger partial charge in [0, 0.05) is 25.3 Å². The van der Waals surface area contributed by atoms with Crippen LogP contribution in [-0.2, 0) is 11.8 Å². The van der Waals surface area contributed by atoms with Crippen LogP contribution in [0.2, 0.25) is 0 Å². The highest BCUT2D eigenvalue weighted by atomic mass is 16.7. The zero-order chi connectivity index (χ0) is 19.1. The van der Waals surface area contributed by atoms with Crippen molar-refractivity contribution in [1.82, 2.24) is 9.55 Å². The van der Waals surface area contributed by atoms with Crippen LogP contribution in [0.4, 0.5) is 22.1 Å². The Morgan fingerprint density at radius 3 is 2.69 bits per heavy atom. The van der Waals surface area contributed by atoms with Crippen molar-refractivity contribution in [1.29, 1.82) is 10.5 Å².